The number of imidazole rings is 1. The molecule has 2 aliphatic rings. The predicted octanol–water partition coefficient (Wildman–Crippen LogP) is 0.260. The molecule has 0 aromatic carbocycles. The van der Waals surface area contributed by atoms with E-state index in [4.69, 9.17) is 4.74 Å². The second kappa shape index (κ2) is 7.36. The molecule has 11 nitrogen and oxygen atoms in total. The number of rotatable bonds is 4. The molecule has 4 heterocycles. The van der Waals surface area contributed by atoms with E-state index in [1.54, 1.807) is 0 Å². The number of fused-ring (bicyclic) bond motifs is 1. The summed E-state index contributed by atoms with van der Waals surface area (Å²) in [6.07, 6.45) is 0.0697. The lowest BCUT2D eigenvalue weighted by Crippen LogP contribution is -2.61. The largest absolute Gasteiger partial charge is 0.394 e. The van der Waals surface area contributed by atoms with Crippen molar-refractivity contribution < 1.29 is 25.3 Å². The highest BCUT2D eigenvalue weighted by molar-refractivity contribution is 5.82. The summed E-state index contributed by atoms with van der Waals surface area (Å²) in [5.74, 6) is 0.550. The Labute approximate surface area is 174 Å². The monoisotopic (exact) mass is 422 g/mol. The highest BCUT2D eigenvalue weighted by atomic mass is 16.6. The van der Waals surface area contributed by atoms with Gasteiger partial charge in [0.05, 0.1) is 12.9 Å². The van der Waals surface area contributed by atoms with Crippen LogP contribution in [0.4, 0.5) is 5.82 Å². The summed E-state index contributed by atoms with van der Waals surface area (Å²) in [6.45, 7) is 7.57. The van der Waals surface area contributed by atoms with Crippen LogP contribution in [0.1, 0.15) is 46.8 Å². The molecule has 5 N–H and O–H groups in total. The normalized spacial score (nSPS) is 32.0. The first-order valence-corrected chi connectivity index (χ1v) is 10.1. The zero-order valence-electron chi connectivity index (χ0n) is 17.6. The van der Waals surface area contributed by atoms with Gasteiger partial charge in [-0.3, -0.25) is 4.57 Å². The smallest absolute Gasteiger partial charge is 0.167 e. The van der Waals surface area contributed by atoms with Crippen molar-refractivity contribution in [2.45, 2.75) is 82.2 Å². The molecular formula is C19H30N6O5. The Morgan fingerprint density at radius 3 is 2.37 bits per heavy atom. The van der Waals surface area contributed by atoms with E-state index >= 15 is 0 Å². The standard InChI is InChI=1S/C19H30N6O5/c1-18(2)5-10(6-19(3,4)25(18)29)23-15-12-16(21-8-20-15)24(9-22-12)17-14(28)13(27)11(7-26)30-17/h8-11,13-14,17,26-29H,5-7H2,1-4H3,(H,20,21,23)/t11-,13-,14-,17-/m1/s1. The molecule has 2 aromatic heterocycles. The van der Waals surface area contributed by atoms with Gasteiger partial charge in [0.25, 0.3) is 0 Å². The van der Waals surface area contributed by atoms with Gasteiger partial charge in [0.2, 0.25) is 0 Å². The highest BCUT2D eigenvalue weighted by Gasteiger charge is 2.46. The van der Waals surface area contributed by atoms with E-state index in [2.05, 4.69) is 20.3 Å². The van der Waals surface area contributed by atoms with E-state index in [-0.39, 0.29) is 6.04 Å². The number of hydroxylamine groups is 2. The molecule has 30 heavy (non-hydrogen) atoms. The molecule has 4 atom stereocenters. The first-order valence-electron chi connectivity index (χ1n) is 10.1. The van der Waals surface area contributed by atoms with E-state index in [9.17, 15) is 20.5 Å². The van der Waals surface area contributed by atoms with E-state index in [1.807, 2.05) is 27.7 Å². The molecule has 0 spiro atoms. The van der Waals surface area contributed by atoms with Crippen molar-refractivity contribution in [2.24, 2.45) is 0 Å². The molecule has 2 aromatic rings. The minimum absolute atomic E-state index is 0.0514. The van der Waals surface area contributed by atoms with E-state index in [0.29, 0.717) is 29.8 Å². The third kappa shape index (κ3) is 3.45. The maximum Gasteiger partial charge on any atom is 0.167 e. The van der Waals surface area contributed by atoms with Crippen LogP contribution in [0.15, 0.2) is 12.7 Å². The number of nitrogens with zero attached hydrogens (tertiary/aromatic N) is 5. The number of anilines is 1. The topological polar surface area (TPSA) is 149 Å². The lowest BCUT2D eigenvalue weighted by Gasteiger charge is -2.51. The van der Waals surface area contributed by atoms with Crippen LogP contribution < -0.4 is 5.32 Å². The summed E-state index contributed by atoms with van der Waals surface area (Å²) in [7, 11) is 0. The zero-order valence-corrected chi connectivity index (χ0v) is 17.6. The molecule has 2 aliphatic heterocycles. The van der Waals surface area contributed by atoms with Crippen LogP contribution in [0.5, 0.6) is 0 Å². The molecule has 4 rings (SSSR count). The van der Waals surface area contributed by atoms with Crippen LogP contribution >= 0.6 is 0 Å². The van der Waals surface area contributed by atoms with Crippen LogP contribution in [-0.2, 0) is 4.74 Å². The molecular weight excluding hydrogens is 392 g/mol. The fourth-order valence-corrected chi connectivity index (χ4v) is 4.82. The number of hydrogen-bond donors (Lipinski definition) is 5. The molecule has 2 saturated heterocycles. The van der Waals surface area contributed by atoms with Crippen molar-refractivity contribution in [1.29, 1.82) is 0 Å². The van der Waals surface area contributed by atoms with Gasteiger partial charge in [0.15, 0.2) is 23.2 Å². The summed E-state index contributed by atoms with van der Waals surface area (Å²) in [6, 6.07) is 0.0514. The van der Waals surface area contributed by atoms with Gasteiger partial charge in [0.1, 0.15) is 24.6 Å². The Morgan fingerprint density at radius 1 is 1.10 bits per heavy atom. The lowest BCUT2D eigenvalue weighted by molar-refractivity contribution is -0.243. The van der Waals surface area contributed by atoms with E-state index < -0.39 is 42.2 Å². The number of hydrogen-bond acceptors (Lipinski definition) is 10. The fraction of sp³-hybridized carbons (Fsp3) is 0.737. The van der Waals surface area contributed by atoms with Crippen LogP contribution in [-0.4, -0.2) is 87.1 Å². The van der Waals surface area contributed by atoms with Gasteiger partial charge in [0, 0.05) is 17.1 Å². The van der Waals surface area contributed by atoms with Gasteiger partial charge < -0.3 is 30.6 Å². The van der Waals surface area contributed by atoms with Crippen molar-refractivity contribution in [1.82, 2.24) is 24.6 Å². The second-order valence-corrected chi connectivity index (χ2v) is 9.46. The Balaban J connectivity index is 1.62. The molecule has 0 amide bonds. The van der Waals surface area contributed by atoms with Gasteiger partial charge >= 0.3 is 0 Å². The number of nitrogens with one attached hydrogen (secondary N) is 1. The molecule has 0 unspecified atom stereocenters. The Morgan fingerprint density at radius 2 is 1.77 bits per heavy atom. The van der Waals surface area contributed by atoms with Gasteiger partial charge in [-0.1, -0.05) is 0 Å². The number of aromatic nitrogens is 4. The van der Waals surface area contributed by atoms with E-state index in [0.717, 1.165) is 0 Å². The number of aliphatic hydroxyl groups is 3. The Kier molecular flexibility index (Phi) is 5.24. The summed E-state index contributed by atoms with van der Waals surface area (Å²) in [5, 5.41) is 45.1. The summed E-state index contributed by atoms with van der Waals surface area (Å²) in [4.78, 5) is 13.0. The quantitative estimate of drug-likeness (QED) is 0.464. The maximum absolute atomic E-state index is 10.5. The average molecular weight is 422 g/mol. The van der Waals surface area contributed by atoms with Crippen LogP contribution in [0.2, 0.25) is 0 Å². The van der Waals surface area contributed by atoms with Gasteiger partial charge in [-0.25, -0.2) is 15.0 Å². The van der Waals surface area contributed by atoms with Gasteiger partial charge in [-0.2, -0.15) is 5.06 Å². The SMILES string of the molecule is CC1(C)CC(Nc2ncnc3c2ncn3[C@@H]2O[C@H](CO)[C@@H](O)[C@H]2O)CC(C)(C)N1O. The van der Waals surface area contributed by atoms with Crippen LogP contribution in [0.3, 0.4) is 0 Å². The van der Waals surface area contributed by atoms with Crippen molar-refractivity contribution in [3.8, 4) is 0 Å². The van der Waals surface area contributed by atoms with Crippen molar-refractivity contribution in [3.05, 3.63) is 12.7 Å². The number of aliphatic hydroxyl groups excluding tert-OH is 3. The maximum atomic E-state index is 10.5. The molecule has 2 fully saturated rings. The zero-order chi connectivity index (χ0) is 21.8. The first kappa shape index (κ1) is 21.3. The van der Waals surface area contributed by atoms with Crippen molar-refractivity contribution in [3.63, 3.8) is 0 Å². The minimum Gasteiger partial charge on any atom is -0.394 e. The Bertz CT molecular complexity index is 900. The summed E-state index contributed by atoms with van der Waals surface area (Å²) in [5.41, 5.74) is 0.127. The predicted molar refractivity (Wildman–Crippen MR) is 107 cm³/mol. The lowest BCUT2D eigenvalue weighted by atomic mass is 9.79. The van der Waals surface area contributed by atoms with E-state index in [1.165, 1.54) is 22.3 Å². The van der Waals surface area contributed by atoms with Crippen molar-refractivity contribution in [2.75, 3.05) is 11.9 Å². The minimum atomic E-state index is -1.22. The Hall–Kier alpha value is -1.89. The van der Waals surface area contributed by atoms with Gasteiger partial charge in [-0.05, 0) is 40.5 Å². The molecule has 166 valence electrons. The van der Waals surface area contributed by atoms with Crippen LogP contribution in [0, 0.1) is 0 Å². The molecule has 0 bridgehead atoms. The fourth-order valence-electron chi connectivity index (χ4n) is 4.82. The highest BCUT2D eigenvalue weighted by Crippen LogP contribution is 2.38. The summed E-state index contributed by atoms with van der Waals surface area (Å²) >= 11 is 0. The number of piperidine rings is 1. The molecule has 0 saturated carbocycles. The summed E-state index contributed by atoms with van der Waals surface area (Å²) < 4.78 is 7.14. The second-order valence-electron chi connectivity index (χ2n) is 9.46. The van der Waals surface area contributed by atoms with Crippen LogP contribution in [0.25, 0.3) is 11.2 Å². The number of ether oxygens (including phenoxy) is 1. The third-order valence-electron chi connectivity index (χ3n) is 6.13. The first-order chi connectivity index (χ1) is 14.0. The molecule has 0 aliphatic carbocycles. The van der Waals surface area contributed by atoms with Crippen molar-refractivity contribution >= 4 is 17.0 Å². The molecule has 11 heteroatoms. The average Bonchev–Trinajstić information content (AvgIpc) is 3.22. The third-order valence-corrected chi connectivity index (χ3v) is 6.13. The molecule has 0 radical (unpaired) electrons. The van der Waals surface area contributed by atoms with Gasteiger partial charge in [-0.15, -0.1) is 0 Å².